The average molecular weight is 228 g/mol. The summed E-state index contributed by atoms with van der Waals surface area (Å²) in [6.07, 6.45) is 5.02. The molecule has 0 fully saturated rings. The Balaban J connectivity index is 1.70. The van der Waals surface area contributed by atoms with Gasteiger partial charge in [0.2, 0.25) is 0 Å². The van der Waals surface area contributed by atoms with Crippen molar-refractivity contribution in [2.45, 2.75) is 24.9 Å². The predicted octanol–water partition coefficient (Wildman–Crippen LogP) is 2.18. The van der Waals surface area contributed by atoms with E-state index in [1.807, 2.05) is 17.8 Å². The fraction of sp³-hybridized carbons (Fsp3) is 0.357. The Labute approximate surface area is 101 Å². The van der Waals surface area contributed by atoms with Gasteiger partial charge in [0.15, 0.2) is 0 Å². The van der Waals surface area contributed by atoms with E-state index in [0.717, 1.165) is 18.5 Å². The molecule has 1 aromatic heterocycles. The van der Waals surface area contributed by atoms with Crippen LogP contribution in [0, 0.1) is 0 Å². The number of rotatable bonds is 3. The third-order valence-corrected chi connectivity index (χ3v) is 3.54. The first-order valence-electron chi connectivity index (χ1n) is 5.98. The molecule has 3 nitrogen and oxygen atoms in total. The minimum Gasteiger partial charge on any atom is -0.387 e. The van der Waals surface area contributed by atoms with Gasteiger partial charge in [-0.25, -0.2) is 4.98 Å². The quantitative estimate of drug-likeness (QED) is 0.874. The summed E-state index contributed by atoms with van der Waals surface area (Å²) in [5.74, 6) is 0.489. The molecule has 1 N–H and O–H groups in total. The number of aliphatic hydroxyl groups is 1. The SMILES string of the molecule is Cn1cnc(C(O)CC2Cc3ccccc32)c1. The number of fused-ring (bicyclic) bond motifs is 1. The standard InChI is InChI=1S/C14H16N2O/c1-16-8-13(15-9-16)14(17)7-11-6-10-4-2-3-5-12(10)11/h2-5,8-9,11,14,17H,6-7H2,1H3. The molecule has 0 radical (unpaired) electrons. The van der Waals surface area contributed by atoms with Crippen LogP contribution in [0.1, 0.15) is 35.3 Å². The molecule has 0 saturated heterocycles. The Morgan fingerprint density at radius 2 is 2.29 bits per heavy atom. The van der Waals surface area contributed by atoms with Crippen LogP contribution in [0.4, 0.5) is 0 Å². The van der Waals surface area contributed by atoms with Gasteiger partial charge in [-0.15, -0.1) is 0 Å². The third kappa shape index (κ3) is 1.87. The highest BCUT2D eigenvalue weighted by Crippen LogP contribution is 2.40. The van der Waals surface area contributed by atoms with Gasteiger partial charge in [-0.05, 0) is 29.9 Å². The number of hydrogen-bond donors (Lipinski definition) is 1. The summed E-state index contributed by atoms with van der Waals surface area (Å²) in [5, 5.41) is 10.1. The van der Waals surface area contributed by atoms with Gasteiger partial charge in [-0.2, -0.15) is 0 Å². The second kappa shape index (κ2) is 4.00. The van der Waals surface area contributed by atoms with Crippen molar-refractivity contribution in [3.05, 3.63) is 53.6 Å². The third-order valence-electron chi connectivity index (χ3n) is 3.54. The number of aryl methyl sites for hydroxylation is 1. The number of nitrogens with zero attached hydrogens (tertiary/aromatic N) is 2. The summed E-state index contributed by atoms with van der Waals surface area (Å²) in [6, 6.07) is 8.47. The van der Waals surface area contributed by atoms with E-state index in [9.17, 15) is 5.11 Å². The smallest absolute Gasteiger partial charge is 0.0981 e. The van der Waals surface area contributed by atoms with Gasteiger partial charge in [0, 0.05) is 13.2 Å². The zero-order chi connectivity index (χ0) is 11.8. The van der Waals surface area contributed by atoms with Crippen molar-refractivity contribution >= 4 is 0 Å². The molecular formula is C14H16N2O. The molecule has 17 heavy (non-hydrogen) atoms. The molecular weight excluding hydrogens is 212 g/mol. The first-order chi connectivity index (χ1) is 8.24. The van der Waals surface area contributed by atoms with E-state index >= 15 is 0 Å². The van der Waals surface area contributed by atoms with Crippen molar-refractivity contribution in [2.24, 2.45) is 7.05 Å². The van der Waals surface area contributed by atoms with Crippen LogP contribution in [-0.2, 0) is 13.5 Å². The topological polar surface area (TPSA) is 38.0 Å². The first-order valence-corrected chi connectivity index (χ1v) is 5.98. The number of aromatic nitrogens is 2. The van der Waals surface area contributed by atoms with E-state index in [-0.39, 0.29) is 0 Å². The Kier molecular flexibility index (Phi) is 2.48. The van der Waals surface area contributed by atoms with Crippen LogP contribution < -0.4 is 0 Å². The fourth-order valence-electron chi connectivity index (χ4n) is 2.57. The van der Waals surface area contributed by atoms with Crippen LogP contribution in [-0.4, -0.2) is 14.7 Å². The number of aliphatic hydroxyl groups excluding tert-OH is 1. The van der Waals surface area contributed by atoms with Gasteiger partial charge >= 0.3 is 0 Å². The van der Waals surface area contributed by atoms with Crippen LogP contribution >= 0.6 is 0 Å². The van der Waals surface area contributed by atoms with E-state index < -0.39 is 6.10 Å². The molecule has 1 heterocycles. The van der Waals surface area contributed by atoms with Crippen LogP contribution in [0.5, 0.6) is 0 Å². The monoisotopic (exact) mass is 228 g/mol. The lowest BCUT2D eigenvalue weighted by Gasteiger charge is -2.31. The first kappa shape index (κ1) is 10.5. The maximum atomic E-state index is 10.1. The van der Waals surface area contributed by atoms with Crippen LogP contribution in [0.2, 0.25) is 0 Å². The lowest BCUT2D eigenvalue weighted by atomic mass is 9.74. The lowest BCUT2D eigenvalue weighted by molar-refractivity contribution is 0.149. The maximum Gasteiger partial charge on any atom is 0.0981 e. The van der Waals surface area contributed by atoms with Crippen LogP contribution in [0.25, 0.3) is 0 Å². The zero-order valence-corrected chi connectivity index (χ0v) is 9.87. The van der Waals surface area contributed by atoms with E-state index in [4.69, 9.17) is 0 Å². The van der Waals surface area contributed by atoms with Crippen molar-refractivity contribution in [3.63, 3.8) is 0 Å². The maximum absolute atomic E-state index is 10.1. The van der Waals surface area contributed by atoms with Gasteiger partial charge in [-0.3, -0.25) is 0 Å². The lowest BCUT2D eigenvalue weighted by Crippen LogP contribution is -2.19. The van der Waals surface area contributed by atoms with Crippen molar-refractivity contribution in [2.75, 3.05) is 0 Å². The molecule has 3 rings (SSSR count). The highest BCUT2D eigenvalue weighted by molar-refractivity contribution is 5.40. The average Bonchev–Trinajstić information content (AvgIpc) is 2.73. The minimum atomic E-state index is -0.449. The van der Waals surface area contributed by atoms with Crippen molar-refractivity contribution in [3.8, 4) is 0 Å². The highest BCUT2D eigenvalue weighted by atomic mass is 16.3. The van der Waals surface area contributed by atoms with Crippen molar-refractivity contribution in [1.29, 1.82) is 0 Å². The Morgan fingerprint density at radius 1 is 1.47 bits per heavy atom. The molecule has 2 atom stereocenters. The van der Waals surface area contributed by atoms with Crippen molar-refractivity contribution in [1.82, 2.24) is 9.55 Å². The summed E-state index contributed by atoms with van der Waals surface area (Å²) in [6.45, 7) is 0. The predicted molar refractivity (Wildman–Crippen MR) is 65.7 cm³/mol. The Bertz CT molecular complexity index is 533. The van der Waals surface area contributed by atoms with Gasteiger partial charge in [-0.1, -0.05) is 24.3 Å². The van der Waals surface area contributed by atoms with E-state index in [2.05, 4.69) is 29.2 Å². The summed E-state index contributed by atoms with van der Waals surface area (Å²) in [4.78, 5) is 4.20. The van der Waals surface area contributed by atoms with E-state index in [1.165, 1.54) is 11.1 Å². The number of imidazole rings is 1. The van der Waals surface area contributed by atoms with Gasteiger partial charge in [0.25, 0.3) is 0 Å². The van der Waals surface area contributed by atoms with E-state index in [1.54, 1.807) is 6.33 Å². The molecule has 0 saturated carbocycles. The summed E-state index contributed by atoms with van der Waals surface area (Å²) >= 11 is 0. The second-order valence-electron chi connectivity index (χ2n) is 4.82. The molecule has 1 aromatic carbocycles. The molecule has 0 aliphatic heterocycles. The van der Waals surface area contributed by atoms with Crippen molar-refractivity contribution < 1.29 is 5.11 Å². The summed E-state index contributed by atoms with van der Waals surface area (Å²) < 4.78 is 1.87. The molecule has 0 spiro atoms. The summed E-state index contributed by atoms with van der Waals surface area (Å²) in [7, 11) is 1.92. The van der Waals surface area contributed by atoms with Gasteiger partial charge < -0.3 is 9.67 Å². The summed E-state index contributed by atoms with van der Waals surface area (Å²) in [5.41, 5.74) is 3.59. The Morgan fingerprint density at radius 3 is 3.00 bits per heavy atom. The largest absolute Gasteiger partial charge is 0.387 e. The van der Waals surface area contributed by atoms with Gasteiger partial charge in [0.1, 0.15) is 0 Å². The highest BCUT2D eigenvalue weighted by Gasteiger charge is 2.28. The fourth-order valence-corrected chi connectivity index (χ4v) is 2.57. The van der Waals surface area contributed by atoms with Crippen LogP contribution in [0.15, 0.2) is 36.8 Å². The Hall–Kier alpha value is -1.61. The molecule has 88 valence electrons. The molecule has 3 heteroatoms. The van der Waals surface area contributed by atoms with E-state index in [0.29, 0.717) is 5.92 Å². The minimum absolute atomic E-state index is 0.449. The molecule has 2 aromatic rings. The van der Waals surface area contributed by atoms with Crippen LogP contribution in [0.3, 0.4) is 0 Å². The number of benzene rings is 1. The normalized spacial score (nSPS) is 19.5. The molecule has 0 bridgehead atoms. The molecule has 2 unspecified atom stereocenters. The molecule has 1 aliphatic carbocycles. The molecule has 1 aliphatic rings. The second-order valence-corrected chi connectivity index (χ2v) is 4.82. The molecule has 0 amide bonds. The zero-order valence-electron chi connectivity index (χ0n) is 9.87. The van der Waals surface area contributed by atoms with Gasteiger partial charge in [0.05, 0.1) is 18.1 Å². The number of hydrogen-bond acceptors (Lipinski definition) is 2.